The summed E-state index contributed by atoms with van der Waals surface area (Å²) in [6.07, 6.45) is 0.706. The molecule has 1 unspecified atom stereocenters. The van der Waals surface area contributed by atoms with Gasteiger partial charge in [0, 0.05) is 24.0 Å². The van der Waals surface area contributed by atoms with E-state index in [2.05, 4.69) is 25.9 Å². The molecule has 12 heavy (non-hydrogen) atoms. The molecular formula is C9H19NOS. The first-order chi connectivity index (χ1) is 5.52. The lowest BCUT2D eigenvalue weighted by molar-refractivity contribution is -0.116. The molecule has 0 bridgehead atoms. The van der Waals surface area contributed by atoms with Crippen molar-refractivity contribution >= 4 is 17.5 Å². The fourth-order valence-corrected chi connectivity index (χ4v) is 2.13. The van der Waals surface area contributed by atoms with E-state index in [4.69, 9.17) is 0 Å². The second-order valence-electron chi connectivity index (χ2n) is 3.39. The number of hydrogen-bond acceptors (Lipinski definition) is 3. The Morgan fingerprint density at radius 1 is 1.50 bits per heavy atom. The van der Waals surface area contributed by atoms with Crippen molar-refractivity contribution in [3.8, 4) is 0 Å². The lowest BCUT2D eigenvalue weighted by atomic mass is 10.2. The number of ketones is 1. The maximum absolute atomic E-state index is 10.7. The maximum Gasteiger partial charge on any atom is 0.130 e. The fourth-order valence-electron chi connectivity index (χ4n) is 0.900. The van der Waals surface area contributed by atoms with Crippen molar-refractivity contribution in [3.63, 3.8) is 0 Å². The van der Waals surface area contributed by atoms with Gasteiger partial charge in [0.25, 0.3) is 0 Å². The normalized spacial score (nSPS) is 13.4. The van der Waals surface area contributed by atoms with Crippen molar-refractivity contribution in [1.29, 1.82) is 0 Å². The molecule has 0 aromatic heterocycles. The molecule has 0 aliphatic rings. The first-order valence-corrected chi connectivity index (χ1v) is 5.33. The molecule has 2 nitrogen and oxygen atoms in total. The zero-order valence-corrected chi connectivity index (χ0v) is 9.28. The summed E-state index contributed by atoms with van der Waals surface area (Å²) in [5, 5.41) is 0.474. The topological polar surface area (TPSA) is 20.3 Å². The molecule has 0 aliphatic carbocycles. The van der Waals surface area contributed by atoms with Crippen LogP contribution >= 0.6 is 11.8 Å². The predicted molar refractivity (Wildman–Crippen MR) is 55.8 cm³/mol. The number of nitrogens with zero attached hydrogens (tertiary/aromatic N) is 1. The lowest BCUT2D eigenvalue weighted by Crippen LogP contribution is -2.16. The smallest absolute Gasteiger partial charge is 0.130 e. The third-order valence-electron chi connectivity index (χ3n) is 1.52. The standard InChI is InChI=1S/C9H19NOS/c1-8(11)7-9(2)12-6-5-10(3)4/h9H,5-7H2,1-4H3. The van der Waals surface area contributed by atoms with E-state index < -0.39 is 0 Å². The summed E-state index contributed by atoms with van der Waals surface area (Å²) < 4.78 is 0. The molecule has 0 radical (unpaired) electrons. The Morgan fingerprint density at radius 3 is 2.50 bits per heavy atom. The van der Waals surface area contributed by atoms with Crippen LogP contribution in [-0.4, -0.2) is 42.3 Å². The Hall–Kier alpha value is -0.0200. The molecule has 0 rings (SSSR count). The molecule has 0 aromatic carbocycles. The Morgan fingerprint density at radius 2 is 2.08 bits per heavy atom. The van der Waals surface area contributed by atoms with Gasteiger partial charge in [0.15, 0.2) is 0 Å². The van der Waals surface area contributed by atoms with Crippen molar-refractivity contribution in [2.75, 3.05) is 26.4 Å². The van der Waals surface area contributed by atoms with Crippen LogP contribution in [0.25, 0.3) is 0 Å². The molecule has 0 saturated heterocycles. The zero-order chi connectivity index (χ0) is 9.56. The monoisotopic (exact) mass is 189 g/mol. The van der Waals surface area contributed by atoms with Crippen molar-refractivity contribution in [2.45, 2.75) is 25.5 Å². The van der Waals surface area contributed by atoms with Gasteiger partial charge in [-0.1, -0.05) is 6.92 Å². The summed E-state index contributed by atoms with van der Waals surface area (Å²) in [4.78, 5) is 12.9. The SMILES string of the molecule is CC(=O)CC(C)SCCN(C)C. The van der Waals surface area contributed by atoms with Crippen LogP contribution in [0.2, 0.25) is 0 Å². The molecule has 0 heterocycles. The van der Waals surface area contributed by atoms with Crippen LogP contribution in [0.15, 0.2) is 0 Å². The van der Waals surface area contributed by atoms with Gasteiger partial charge in [-0.2, -0.15) is 11.8 Å². The van der Waals surface area contributed by atoms with Gasteiger partial charge in [-0.3, -0.25) is 4.79 Å². The van der Waals surface area contributed by atoms with Gasteiger partial charge in [-0.05, 0) is 21.0 Å². The van der Waals surface area contributed by atoms with E-state index in [1.54, 1.807) is 6.92 Å². The summed E-state index contributed by atoms with van der Waals surface area (Å²) in [5.74, 6) is 1.40. The predicted octanol–water partition coefficient (Wildman–Crippen LogP) is 1.65. The third-order valence-corrected chi connectivity index (χ3v) is 2.67. The highest BCUT2D eigenvalue weighted by Gasteiger charge is 2.04. The van der Waals surface area contributed by atoms with Crippen LogP contribution in [0.1, 0.15) is 20.3 Å². The minimum absolute atomic E-state index is 0.292. The quantitative estimate of drug-likeness (QED) is 0.633. The van der Waals surface area contributed by atoms with Gasteiger partial charge in [-0.25, -0.2) is 0 Å². The number of thioether (sulfide) groups is 1. The first kappa shape index (κ1) is 12.0. The number of carbonyl (C=O) groups is 1. The van der Waals surface area contributed by atoms with Gasteiger partial charge >= 0.3 is 0 Å². The lowest BCUT2D eigenvalue weighted by Gasteiger charge is -2.12. The molecule has 0 fully saturated rings. The molecule has 1 atom stereocenters. The Balaban J connectivity index is 3.31. The average Bonchev–Trinajstić information content (AvgIpc) is 1.84. The van der Waals surface area contributed by atoms with Crippen LogP contribution in [0.3, 0.4) is 0 Å². The molecule has 0 aliphatic heterocycles. The average molecular weight is 189 g/mol. The van der Waals surface area contributed by atoms with Gasteiger partial charge < -0.3 is 4.90 Å². The highest BCUT2D eigenvalue weighted by atomic mass is 32.2. The minimum Gasteiger partial charge on any atom is -0.309 e. The summed E-state index contributed by atoms with van der Waals surface area (Å²) in [7, 11) is 4.13. The van der Waals surface area contributed by atoms with Gasteiger partial charge in [-0.15, -0.1) is 0 Å². The molecule has 72 valence electrons. The van der Waals surface area contributed by atoms with E-state index in [1.165, 1.54) is 0 Å². The molecule has 0 spiro atoms. The van der Waals surface area contributed by atoms with Gasteiger partial charge in [0.2, 0.25) is 0 Å². The van der Waals surface area contributed by atoms with Crippen LogP contribution in [-0.2, 0) is 4.79 Å². The minimum atomic E-state index is 0.292. The largest absolute Gasteiger partial charge is 0.309 e. The van der Waals surface area contributed by atoms with E-state index in [-0.39, 0.29) is 0 Å². The number of rotatable bonds is 6. The van der Waals surface area contributed by atoms with Crippen LogP contribution < -0.4 is 0 Å². The fraction of sp³-hybridized carbons (Fsp3) is 0.889. The molecule has 0 saturated carbocycles. The molecule has 3 heteroatoms. The highest BCUT2D eigenvalue weighted by molar-refractivity contribution is 7.99. The Kier molecular flexibility index (Phi) is 6.48. The Labute approximate surface area is 79.7 Å². The van der Waals surface area contributed by atoms with Crippen LogP contribution in [0.4, 0.5) is 0 Å². The maximum atomic E-state index is 10.7. The summed E-state index contributed by atoms with van der Waals surface area (Å²) in [6.45, 7) is 4.86. The van der Waals surface area contributed by atoms with Crippen molar-refractivity contribution in [1.82, 2.24) is 4.90 Å². The van der Waals surface area contributed by atoms with E-state index in [9.17, 15) is 4.79 Å². The van der Waals surface area contributed by atoms with Crippen LogP contribution in [0, 0.1) is 0 Å². The third kappa shape index (κ3) is 8.08. The summed E-state index contributed by atoms with van der Waals surface area (Å²) >= 11 is 1.87. The second-order valence-corrected chi connectivity index (χ2v) is 4.94. The van der Waals surface area contributed by atoms with Crippen molar-refractivity contribution < 1.29 is 4.79 Å². The highest BCUT2D eigenvalue weighted by Crippen LogP contribution is 2.13. The molecular weight excluding hydrogens is 170 g/mol. The van der Waals surface area contributed by atoms with E-state index in [0.29, 0.717) is 17.5 Å². The summed E-state index contributed by atoms with van der Waals surface area (Å²) in [5.41, 5.74) is 0. The van der Waals surface area contributed by atoms with E-state index in [0.717, 1.165) is 12.3 Å². The van der Waals surface area contributed by atoms with Gasteiger partial charge in [0.05, 0.1) is 0 Å². The van der Waals surface area contributed by atoms with Gasteiger partial charge in [0.1, 0.15) is 5.78 Å². The first-order valence-electron chi connectivity index (χ1n) is 4.28. The molecule has 0 aromatic rings. The van der Waals surface area contributed by atoms with Crippen LogP contribution in [0.5, 0.6) is 0 Å². The number of hydrogen-bond donors (Lipinski definition) is 0. The number of Topliss-reactive ketones (excluding diaryl/α,β-unsaturated/α-hetero) is 1. The number of carbonyl (C=O) groups excluding carboxylic acids is 1. The van der Waals surface area contributed by atoms with Crippen molar-refractivity contribution in [2.24, 2.45) is 0 Å². The molecule has 0 N–H and O–H groups in total. The summed E-state index contributed by atoms with van der Waals surface area (Å²) in [6, 6.07) is 0. The Bertz CT molecular complexity index is 136. The molecule has 0 amide bonds. The van der Waals surface area contributed by atoms with E-state index >= 15 is 0 Å². The van der Waals surface area contributed by atoms with E-state index in [1.807, 2.05) is 11.8 Å². The second kappa shape index (κ2) is 6.49. The zero-order valence-electron chi connectivity index (χ0n) is 8.46. The van der Waals surface area contributed by atoms with Crippen molar-refractivity contribution in [3.05, 3.63) is 0 Å².